The molecule has 1 aliphatic heterocycles. The first-order valence-corrected chi connectivity index (χ1v) is 19.9. The summed E-state index contributed by atoms with van der Waals surface area (Å²) in [7, 11) is 1.03. The zero-order chi connectivity index (χ0) is 47.4. The van der Waals surface area contributed by atoms with Gasteiger partial charge in [0.2, 0.25) is 5.91 Å². The number of methoxy groups -OCH3 is 1. The molecule has 2 heterocycles. The maximum absolute atomic E-state index is 14.1. The number of hydrogen-bond acceptors (Lipinski definition) is 18. The van der Waals surface area contributed by atoms with Crippen molar-refractivity contribution in [2.75, 3.05) is 20.3 Å². The van der Waals surface area contributed by atoms with Crippen LogP contribution in [0, 0.1) is 0 Å². The molecule has 1 aromatic heterocycles. The van der Waals surface area contributed by atoms with Crippen LogP contribution in [-0.2, 0) is 78.9 Å². The zero-order valence-electron chi connectivity index (χ0n) is 36.1. The Morgan fingerprint density at radius 2 is 1.48 bits per heavy atom. The molecule has 2 amide bonds. The van der Waals surface area contributed by atoms with Crippen LogP contribution in [-0.4, -0.2) is 118 Å². The Morgan fingerprint density at radius 1 is 0.815 bits per heavy atom. The second-order valence-electron chi connectivity index (χ2n) is 14.7. The van der Waals surface area contributed by atoms with Crippen molar-refractivity contribution in [3.8, 4) is 33.9 Å². The molecule has 344 valence electrons. The van der Waals surface area contributed by atoms with E-state index in [-0.39, 0.29) is 17.9 Å². The highest BCUT2D eigenvalue weighted by atomic mass is 16.6. The SMILES string of the molecule is COC(=O)[C@@]1(n2cc(-c3cccc(O)c3)nn2)C[C@H](OC(C)=O)[C@@H](NC(=O)COC(C)=O)[C@H]([C@H](OC(C)=O)[C@@H](CNC(=O)Cc2ccc(-c3ccc(OC(C)=O)cc3)cc2)OC(C)=O)O1. The normalized spacial score (nSPS) is 18.7. The average Bonchev–Trinajstić information content (AvgIpc) is 3.75. The van der Waals surface area contributed by atoms with Gasteiger partial charge in [0.1, 0.15) is 29.4 Å². The smallest absolute Gasteiger partial charge is 0.361 e. The Labute approximate surface area is 371 Å². The van der Waals surface area contributed by atoms with E-state index >= 15 is 0 Å². The number of carbonyl (C=O) groups excluding carboxylic acids is 8. The number of hydrogen-bond donors (Lipinski definition) is 3. The quantitative estimate of drug-likeness (QED) is 0.0777. The van der Waals surface area contributed by atoms with Gasteiger partial charge in [0.15, 0.2) is 18.8 Å². The van der Waals surface area contributed by atoms with E-state index in [1.807, 2.05) is 0 Å². The van der Waals surface area contributed by atoms with E-state index < -0.39 is 103 Å². The number of aromatic hydroxyl groups is 1. The van der Waals surface area contributed by atoms with Crippen molar-refractivity contribution < 1.29 is 76.6 Å². The standard InChI is InChI=1S/C44H47N5O16/c1-24(50)60-23-39(57)46-40-36(62-26(3)52)20-44(43(58)59-6,49-22-35(47-48-49)32-8-7-9-33(55)19-32)65-42(40)41(64-28(5)54)37(63-27(4)53)21-45-38(56)18-29-10-12-30(13-11-29)31-14-16-34(17-15-31)61-25(2)51/h7-17,19,22,36-37,40-42,55H,18,20-21,23H2,1-6H3,(H,45,56)(H,46,57)/t36-,37+,40+,41+,42+,44+/m0/s1. The van der Waals surface area contributed by atoms with Crippen LogP contribution in [0.3, 0.4) is 0 Å². The second-order valence-corrected chi connectivity index (χ2v) is 14.7. The van der Waals surface area contributed by atoms with Crippen molar-refractivity contribution in [2.45, 2.75) is 83.6 Å². The maximum Gasteiger partial charge on any atom is 0.361 e. The summed E-state index contributed by atoms with van der Waals surface area (Å²) in [6, 6.07) is 18.2. The number of nitrogens with one attached hydrogen (secondary N) is 2. The zero-order valence-corrected chi connectivity index (χ0v) is 36.1. The van der Waals surface area contributed by atoms with Crippen molar-refractivity contribution in [3.05, 3.63) is 84.6 Å². The van der Waals surface area contributed by atoms with E-state index in [4.69, 9.17) is 33.2 Å². The van der Waals surface area contributed by atoms with Crippen LogP contribution in [0.1, 0.15) is 46.6 Å². The Hall–Kier alpha value is -7.68. The molecule has 1 saturated heterocycles. The molecule has 0 bridgehead atoms. The molecule has 21 heteroatoms. The number of phenols is 1. The van der Waals surface area contributed by atoms with Gasteiger partial charge in [-0.2, -0.15) is 0 Å². The number of amides is 2. The third-order valence-corrected chi connectivity index (χ3v) is 9.70. The molecule has 0 unspecified atom stereocenters. The molecule has 0 saturated carbocycles. The minimum Gasteiger partial charge on any atom is -0.508 e. The molecule has 0 aliphatic carbocycles. The fourth-order valence-corrected chi connectivity index (χ4v) is 7.04. The van der Waals surface area contributed by atoms with E-state index in [0.717, 1.165) is 50.6 Å². The Bertz CT molecular complexity index is 2400. The number of carbonyl (C=O) groups is 8. The van der Waals surface area contributed by atoms with E-state index in [0.29, 0.717) is 16.9 Å². The van der Waals surface area contributed by atoms with Crippen molar-refractivity contribution in [1.82, 2.24) is 25.6 Å². The first-order valence-electron chi connectivity index (χ1n) is 19.9. The van der Waals surface area contributed by atoms with Gasteiger partial charge in [-0.05, 0) is 41.0 Å². The highest BCUT2D eigenvalue weighted by Gasteiger charge is 2.60. The highest BCUT2D eigenvalue weighted by molar-refractivity contribution is 5.81. The summed E-state index contributed by atoms with van der Waals surface area (Å²) < 4.78 is 39.8. The molecule has 1 aliphatic rings. The molecule has 0 radical (unpaired) electrons. The van der Waals surface area contributed by atoms with Gasteiger partial charge < -0.3 is 48.9 Å². The van der Waals surface area contributed by atoms with E-state index in [1.54, 1.807) is 54.6 Å². The third-order valence-electron chi connectivity index (χ3n) is 9.70. The van der Waals surface area contributed by atoms with Gasteiger partial charge in [0, 0.05) is 46.6 Å². The van der Waals surface area contributed by atoms with Crippen LogP contribution >= 0.6 is 0 Å². The van der Waals surface area contributed by atoms with Crippen LogP contribution in [0.25, 0.3) is 22.4 Å². The van der Waals surface area contributed by atoms with Crippen molar-refractivity contribution in [3.63, 3.8) is 0 Å². The van der Waals surface area contributed by atoms with Gasteiger partial charge in [-0.15, -0.1) is 5.10 Å². The average molecular weight is 902 g/mol. The van der Waals surface area contributed by atoms with Crippen LogP contribution in [0.15, 0.2) is 79.0 Å². The molecular formula is C44H47N5O16. The van der Waals surface area contributed by atoms with Crippen molar-refractivity contribution >= 4 is 47.6 Å². The lowest BCUT2D eigenvalue weighted by Crippen LogP contribution is -2.69. The van der Waals surface area contributed by atoms with Crippen LogP contribution in [0.4, 0.5) is 0 Å². The number of esters is 6. The summed E-state index contributed by atoms with van der Waals surface area (Å²) in [6.45, 7) is 4.11. The summed E-state index contributed by atoms with van der Waals surface area (Å²) in [4.78, 5) is 102. The van der Waals surface area contributed by atoms with E-state index in [2.05, 4.69) is 20.9 Å². The molecule has 0 spiro atoms. The molecule has 4 aromatic rings. The van der Waals surface area contributed by atoms with Gasteiger partial charge in [-0.3, -0.25) is 33.6 Å². The molecule has 3 aromatic carbocycles. The summed E-state index contributed by atoms with van der Waals surface area (Å²) in [6.07, 6.45) is -6.36. The predicted molar refractivity (Wildman–Crippen MR) is 222 cm³/mol. The van der Waals surface area contributed by atoms with E-state index in [9.17, 15) is 43.5 Å². The first-order chi connectivity index (χ1) is 30.9. The van der Waals surface area contributed by atoms with Gasteiger partial charge in [0.25, 0.3) is 11.6 Å². The van der Waals surface area contributed by atoms with Crippen LogP contribution in [0.2, 0.25) is 0 Å². The van der Waals surface area contributed by atoms with Crippen LogP contribution in [0.5, 0.6) is 11.5 Å². The topological polar surface area (TPSA) is 276 Å². The lowest BCUT2D eigenvalue weighted by atomic mass is 9.86. The van der Waals surface area contributed by atoms with Gasteiger partial charge in [-0.25, -0.2) is 9.48 Å². The molecule has 65 heavy (non-hydrogen) atoms. The van der Waals surface area contributed by atoms with Crippen LogP contribution < -0.4 is 15.4 Å². The number of phenolic OH excluding ortho intramolecular Hbond substituents is 1. The highest BCUT2D eigenvalue weighted by Crippen LogP contribution is 2.39. The molecule has 21 nitrogen and oxygen atoms in total. The van der Waals surface area contributed by atoms with E-state index in [1.165, 1.54) is 31.3 Å². The molecule has 5 rings (SSSR count). The Kier molecular flexibility index (Phi) is 16.1. The summed E-state index contributed by atoms with van der Waals surface area (Å²) >= 11 is 0. The fraction of sp³-hybridized carbons (Fsp3) is 0.364. The number of rotatable bonds is 17. The first kappa shape index (κ1) is 48.4. The minimum absolute atomic E-state index is 0.108. The molecule has 3 N–H and O–H groups in total. The number of benzene rings is 3. The monoisotopic (exact) mass is 901 g/mol. The van der Waals surface area contributed by atoms with Gasteiger partial charge in [0.05, 0.1) is 32.3 Å². The number of nitrogens with zero attached hydrogens (tertiary/aromatic N) is 3. The summed E-state index contributed by atoms with van der Waals surface area (Å²) in [5, 5.41) is 23.6. The second kappa shape index (κ2) is 21.6. The largest absolute Gasteiger partial charge is 0.508 e. The Morgan fingerprint density at radius 3 is 2.06 bits per heavy atom. The lowest BCUT2D eigenvalue weighted by Gasteiger charge is -2.48. The van der Waals surface area contributed by atoms with Gasteiger partial charge in [-0.1, -0.05) is 53.7 Å². The third kappa shape index (κ3) is 12.9. The summed E-state index contributed by atoms with van der Waals surface area (Å²) in [5.41, 5.74) is 0.267. The minimum atomic E-state index is -2.43. The number of aromatic nitrogens is 3. The maximum atomic E-state index is 14.1. The summed E-state index contributed by atoms with van der Waals surface area (Å²) in [5.74, 6) is -6.42. The molecular weight excluding hydrogens is 855 g/mol. The number of ether oxygens (including phenoxy) is 7. The predicted octanol–water partition coefficient (Wildman–Crippen LogP) is 2.06. The Balaban J connectivity index is 1.51. The van der Waals surface area contributed by atoms with Gasteiger partial charge >= 0.3 is 35.8 Å². The molecule has 1 fully saturated rings. The van der Waals surface area contributed by atoms with Crippen molar-refractivity contribution in [2.24, 2.45) is 0 Å². The van der Waals surface area contributed by atoms with Crippen molar-refractivity contribution in [1.29, 1.82) is 0 Å². The fourth-order valence-electron chi connectivity index (χ4n) is 7.04. The molecule has 6 atom stereocenters. The lowest BCUT2D eigenvalue weighted by molar-refractivity contribution is -0.265.